The minimum Gasteiger partial charge on any atom is -0.342 e. The van der Waals surface area contributed by atoms with E-state index in [0.29, 0.717) is 22.3 Å². The highest BCUT2D eigenvalue weighted by Gasteiger charge is 2.40. The van der Waals surface area contributed by atoms with Crippen molar-refractivity contribution in [3.05, 3.63) is 45.6 Å². The fraction of sp³-hybridized carbons (Fsp3) is 0.500. The summed E-state index contributed by atoms with van der Waals surface area (Å²) < 4.78 is 1.58. The summed E-state index contributed by atoms with van der Waals surface area (Å²) in [6, 6.07) is 7.14. The molecule has 0 bridgehead atoms. The van der Waals surface area contributed by atoms with Gasteiger partial charge in [-0.2, -0.15) is 5.10 Å². The summed E-state index contributed by atoms with van der Waals surface area (Å²) >= 11 is 12.3. The Morgan fingerprint density at radius 3 is 2.43 bits per heavy atom. The number of nitrogens with one attached hydrogen (secondary N) is 2. The SMILES string of the molecule is Cn1nc(CC(C)(C)C)cc1NC(=O)C(=O)NC1(Cc2ccc(Cl)cc2Cl)CCC1. The van der Waals surface area contributed by atoms with E-state index in [4.69, 9.17) is 23.2 Å². The van der Waals surface area contributed by atoms with Crippen LogP contribution in [-0.4, -0.2) is 27.1 Å². The van der Waals surface area contributed by atoms with E-state index in [1.54, 1.807) is 23.9 Å². The summed E-state index contributed by atoms with van der Waals surface area (Å²) in [5, 5.41) is 11.2. The Balaban J connectivity index is 1.65. The minimum absolute atomic E-state index is 0.0759. The van der Waals surface area contributed by atoms with Crippen LogP contribution in [0.5, 0.6) is 0 Å². The Labute approximate surface area is 187 Å². The van der Waals surface area contributed by atoms with E-state index < -0.39 is 17.4 Å². The van der Waals surface area contributed by atoms with Crippen molar-refractivity contribution in [3.63, 3.8) is 0 Å². The molecule has 0 spiro atoms. The first-order valence-corrected chi connectivity index (χ1v) is 10.8. The van der Waals surface area contributed by atoms with Crippen LogP contribution in [0.15, 0.2) is 24.3 Å². The van der Waals surface area contributed by atoms with E-state index >= 15 is 0 Å². The largest absolute Gasteiger partial charge is 0.342 e. The number of anilines is 1. The summed E-state index contributed by atoms with van der Waals surface area (Å²) in [5.74, 6) is -0.857. The highest BCUT2D eigenvalue weighted by Crippen LogP contribution is 2.37. The first kappa shape index (κ1) is 22.6. The van der Waals surface area contributed by atoms with Crippen molar-refractivity contribution in [3.8, 4) is 0 Å². The van der Waals surface area contributed by atoms with E-state index in [-0.39, 0.29) is 5.41 Å². The van der Waals surface area contributed by atoms with E-state index in [0.717, 1.165) is 36.9 Å². The van der Waals surface area contributed by atoms with Gasteiger partial charge in [-0.25, -0.2) is 0 Å². The molecule has 162 valence electrons. The Hall–Kier alpha value is -2.05. The predicted molar refractivity (Wildman–Crippen MR) is 120 cm³/mol. The number of hydrogen-bond acceptors (Lipinski definition) is 3. The molecule has 1 saturated carbocycles. The molecule has 2 N–H and O–H groups in total. The normalized spacial score (nSPS) is 15.4. The number of aryl methyl sites for hydroxylation is 1. The lowest BCUT2D eigenvalue weighted by Gasteiger charge is -2.42. The van der Waals surface area contributed by atoms with Crippen LogP contribution >= 0.6 is 23.2 Å². The average molecular weight is 451 g/mol. The quantitative estimate of drug-likeness (QED) is 0.656. The van der Waals surface area contributed by atoms with Crippen LogP contribution in [0.3, 0.4) is 0 Å². The summed E-state index contributed by atoms with van der Waals surface area (Å²) in [6.07, 6.45) is 3.92. The molecule has 1 fully saturated rings. The van der Waals surface area contributed by atoms with Gasteiger partial charge in [0.25, 0.3) is 0 Å². The van der Waals surface area contributed by atoms with Gasteiger partial charge in [-0.05, 0) is 55.2 Å². The molecule has 2 aromatic rings. The third kappa shape index (κ3) is 5.55. The van der Waals surface area contributed by atoms with Crippen molar-refractivity contribution >= 4 is 40.8 Å². The summed E-state index contributed by atoms with van der Waals surface area (Å²) in [6.45, 7) is 6.37. The molecule has 0 radical (unpaired) electrons. The third-order valence-corrected chi connectivity index (χ3v) is 5.91. The van der Waals surface area contributed by atoms with Gasteiger partial charge in [0.05, 0.1) is 5.69 Å². The van der Waals surface area contributed by atoms with Crippen molar-refractivity contribution in [2.75, 3.05) is 5.32 Å². The van der Waals surface area contributed by atoms with Crippen LogP contribution in [-0.2, 0) is 29.5 Å². The van der Waals surface area contributed by atoms with Crippen molar-refractivity contribution < 1.29 is 9.59 Å². The minimum atomic E-state index is -0.700. The van der Waals surface area contributed by atoms with Crippen LogP contribution < -0.4 is 10.6 Å². The maximum absolute atomic E-state index is 12.6. The van der Waals surface area contributed by atoms with Gasteiger partial charge >= 0.3 is 11.8 Å². The summed E-state index contributed by atoms with van der Waals surface area (Å²) in [4.78, 5) is 25.2. The summed E-state index contributed by atoms with van der Waals surface area (Å²) in [7, 11) is 1.75. The number of benzene rings is 1. The average Bonchev–Trinajstić information content (AvgIpc) is 2.92. The van der Waals surface area contributed by atoms with E-state index in [1.165, 1.54) is 0 Å². The number of nitrogens with zero attached hydrogens (tertiary/aromatic N) is 2. The molecule has 0 unspecified atom stereocenters. The molecule has 1 aliphatic rings. The molecule has 1 aromatic heterocycles. The maximum Gasteiger partial charge on any atom is 0.314 e. The van der Waals surface area contributed by atoms with Gasteiger partial charge in [0, 0.05) is 28.7 Å². The summed E-state index contributed by atoms with van der Waals surface area (Å²) in [5.41, 5.74) is 1.39. The second kappa shape index (κ2) is 8.60. The predicted octanol–water partition coefficient (Wildman–Crippen LogP) is 4.54. The van der Waals surface area contributed by atoms with Gasteiger partial charge in [-0.15, -0.1) is 0 Å². The lowest BCUT2D eigenvalue weighted by atomic mass is 9.72. The Kier molecular flexibility index (Phi) is 6.48. The highest BCUT2D eigenvalue weighted by molar-refractivity contribution is 6.39. The van der Waals surface area contributed by atoms with E-state index in [9.17, 15) is 9.59 Å². The zero-order valence-corrected chi connectivity index (χ0v) is 19.3. The monoisotopic (exact) mass is 450 g/mol. The Morgan fingerprint density at radius 2 is 1.87 bits per heavy atom. The molecule has 30 heavy (non-hydrogen) atoms. The molecule has 2 amide bonds. The third-order valence-electron chi connectivity index (χ3n) is 5.32. The van der Waals surface area contributed by atoms with Crippen molar-refractivity contribution in [1.29, 1.82) is 0 Å². The molecule has 8 heteroatoms. The van der Waals surface area contributed by atoms with E-state index in [1.807, 2.05) is 12.1 Å². The van der Waals surface area contributed by atoms with Gasteiger partial charge < -0.3 is 10.6 Å². The highest BCUT2D eigenvalue weighted by atomic mass is 35.5. The fourth-order valence-corrected chi connectivity index (χ4v) is 4.20. The number of hydrogen-bond donors (Lipinski definition) is 2. The number of rotatable bonds is 5. The zero-order chi connectivity index (χ0) is 22.1. The molecule has 0 saturated heterocycles. The first-order valence-electron chi connectivity index (χ1n) is 10.1. The van der Waals surface area contributed by atoms with Crippen LogP contribution in [0, 0.1) is 5.41 Å². The van der Waals surface area contributed by atoms with Gasteiger partial charge in [0.2, 0.25) is 0 Å². The van der Waals surface area contributed by atoms with Crippen molar-refractivity contribution in [2.45, 2.75) is 58.4 Å². The van der Waals surface area contributed by atoms with Crippen LogP contribution in [0.2, 0.25) is 10.0 Å². The number of carbonyl (C=O) groups excluding carboxylic acids is 2. The number of halogens is 2. The molecule has 0 atom stereocenters. The number of amides is 2. The first-order chi connectivity index (χ1) is 14.0. The topological polar surface area (TPSA) is 76.0 Å². The molecular weight excluding hydrogens is 423 g/mol. The lowest BCUT2D eigenvalue weighted by Crippen LogP contribution is -2.57. The second-order valence-electron chi connectivity index (χ2n) is 9.34. The molecule has 0 aliphatic heterocycles. The van der Waals surface area contributed by atoms with Crippen LogP contribution in [0.25, 0.3) is 0 Å². The lowest BCUT2D eigenvalue weighted by molar-refractivity contribution is -0.138. The van der Waals surface area contributed by atoms with Crippen LogP contribution in [0.1, 0.15) is 51.3 Å². The molecule has 1 aromatic carbocycles. The molecule has 1 heterocycles. The zero-order valence-electron chi connectivity index (χ0n) is 17.8. The molecule has 6 nitrogen and oxygen atoms in total. The Bertz CT molecular complexity index is 959. The Morgan fingerprint density at radius 1 is 1.17 bits per heavy atom. The fourth-order valence-electron chi connectivity index (χ4n) is 3.72. The molecule has 3 rings (SSSR count). The van der Waals surface area contributed by atoms with Gasteiger partial charge in [0.15, 0.2) is 0 Å². The van der Waals surface area contributed by atoms with Crippen molar-refractivity contribution in [1.82, 2.24) is 15.1 Å². The number of carbonyl (C=O) groups is 2. The number of aromatic nitrogens is 2. The molecular formula is C22H28Cl2N4O2. The molecule has 1 aliphatic carbocycles. The van der Waals surface area contributed by atoms with Gasteiger partial charge in [-0.3, -0.25) is 14.3 Å². The van der Waals surface area contributed by atoms with E-state index in [2.05, 4.69) is 36.5 Å². The second-order valence-corrected chi connectivity index (χ2v) is 10.2. The standard InChI is InChI=1S/C22H28Cl2N4O2/c1-21(2,3)13-16-11-18(28(4)27-16)25-19(29)20(30)26-22(8-5-9-22)12-14-6-7-15(23)10-17(14)24/h6-7,10-11H,5,8-9,12-13H2,1-4H3,(H,25,29)(H,26,30). The van der Waals surface area contributed by atoms with Crippen molar-refractivity contribution in [2.24, 2.45) is 12.5 Å². The smallest absolute Gasteiger partial charge is 0.314 e. The maximum atomic E-state index is 12.6. The van der Waals surface area contributed by atoms with Gasteiger partial charge in [0.1, 0.15) is 5.82 Å². The van der Waals surface area contributed by atoms with Crippen LogP contribution in [0.4, 0.5) is 5.82 Å². The van der Waals surface area contributed by atoms with Gasteiger partial charge in [-0.1, -0.05) is 50.0 Å².